The average molecular weight is 370 g/mol. The van der Waals surface area contributed by atoms with E-state index in [1.807, 2.05) is 30.3 Å². The van der Waals surface area contributed by atoms with Crippen molar-refractivity contribution in [3.63, 3.8) is 0 Å². The highest BCUT2D eigenvalue weighted by Crippen LogP contribution is 2.39. The number of amides is 1. The molecule has 136 valence electrons. The van der Waals surface area contributed by atoms with Crippen LogP contribution in [0.3, 0.4) is 0 Å². The summed E-state index contributed by atoms with van der Waals surface area (Å²) in [5.74, 6) is -2.27. The summed E-state index contributed by atoms with van der Waals surface area (Å²) < 4.78 is 47.3. The molecule has 7 heteroatoms. The van der Waals surface area contributed by atoms with Gasteiger partial charge in [-0.3, -0.25) is 0 Å². The van der Waals surface area contributed by atoms with Crippen LogP contribution >= 0.6 is 0 Å². The minimum Gasteiger partial charge on any atom is -0.439 e. The van der Waals surface area contributed by atoms with Crippen LogP contribution in [-0.4, -0.2) is 11.1 Å². The Morgan fingerprint density at radius 3 is 2.48 bits per heavy atom. The highest BCUT2D eigenvalue weighted by Gasteiger charge is 2.40. The van der Waals surface area contributed by atoms with Gasteiger partial charge in [-0.1, -0.05) is 30.3 Å². The van der Waals surface area contributed by atoms with Crippen LogP contribution in [0.1, 0.15) is 23.3 Å². The number of pyridine rings is 1. The number of cyclic esters (lactones) is 1. The van der Waals surface area contributed by atoms with Crippen molar-refractivity contribution in [2.24, 2.45) is 0 Å². The number of benzene rings is 2. The van der Waals surface area contributed by atoms with Gasteiger partial charge in [0.2, 0.25) is 5.95 Å². The van der Waals surface area contributed by atoms with Gasteiger partial charge in [0, 0.05) is 22.9 Å². The SMILES string of the molecule is O=C1N[C@H](c2cc(-c3ccccc3)cnc2F)[C@@H](c2cc(F)ccc2F)O1. The number of nitrogens with zero attached hydrogens (tertiary/aromatic N) is 1. The summed E-state index contributed by atoms with van der Waals surface area (Å²) in [4.78, 5) is 15.5. The molecule has 0 radical (unpaired) electrons. The number of nitrogens with one attached hydrogen (secondary N) is 1. The van der Waals surface area contributed by atoms with Gasteiger partial charge in [-0.25, -0.2) is 18.6 Å². The Bertz CT molecular complexity index is 1010. The molecule has 1 amide bonds. The number of rotatable bonds is 3. The van der Waals surface area contributed by atoms with E-state index in [0.717, 1.165) is 23.8 Å². The van der Waals surface area contributed by atoms with Crippen LogP contribution in [0.4, 0.5) is 18.0 Å². The molecule has 0 bridgehead atoms. The van der Waals surface area contributed by atoms with Crippen LogP contribution in [0.2, 0.25) is 0 Å². The molecule has 1 aliphatic heterocycles. The Hall–Kier alpha value is -3.35. The number of halogens is 3. The van der Waals surface area contributed by atoms with Gasteiger partial charge < -0.3 is 10.1 Å². The van der Waals surface area contributed by atoms with E-state index in [9.17, 15) is 18.0 Å². The largest absolute Gasteiger partial charge is 0.439 e. The molecular weight excluding hydrogens is 357 g/mol. The number of carbonyl (C=O) groups excluding carboxylic acids is 1. The zero-order valence-corrected chi connectivity index (χ0v) is 13.8. The van der Waals surface area contributed by atoms with Crippen LogP contribution in [0.25, 0.3) is 11.1 Å². The van der Waals surface area contributed by atoms with E-state index >= 15 is 0 Å². The average Bonchev–Trinajstić information content (AvgIpc) is 3.06. The van der Waals surface area contributed by atoms with Crippen LogP contribution in [-0.2, 0) is 4.74 Å². The van der Waals surface area contributed by atoms with Gasteiger partial charge in [-0.15, -0.1) is 0 Å². The molecule has 1 N–H and O–H groups in total. The second-order valence-electron chi connectivity index (χ2n) is 6.08. The fourth-order valence-corrected chi connectivity index (χ4v) is 3.11. The minimum absolute atomic E-state index is 0.0239. The molecule has 1 saturated heterocycles. The molecule has 27 heavy (non-hydrogen) atoms. The highest BCUT2D eigenvalue weighted by atomic mass is 19.1. The number of hydrogen-bond donors (Lipinski definition) is 1. The number of hydrogen-bond acceptors (Lipinski definition) is 3. The number of ether oxygens (including phenoxy) is 1. The van der Waals surface area contributed by atoms with Crippen molar-refractivity contribution in [3.8, 4) is 11.1 Å². The molecule has 1 fully saturated rings. The molecule has 0 spiro atoms. The first-order valence-corrected chi connectivity index (χ1v) is 8.16. The summed E-state index contributed by atoms with van der Waals surface area (Å²) in [5, 5.41) is 2.45. The molecule has 0 saturated carbocycles. The fourth-order valence-electron chi connectivity index (χ4n) is 3.11. The molecule has 1 aliphatic rings. The van der Waals surface area contributed by atoms with E-state index in [1.54, 1.807) is 0 Å². The Labute approximate surface area is 152 Å². The standard InChI is InChI=1S/C20H13F3N2O2/c21-13-6-7-16(22)14(9-13)18-17(25-20(26)27-18)15-8-12(10-24-19(15)23)11-4-2-1-3-5-11/h1-10,17-18H,(H,25,26)/t17-,18-/m1/s1. The summed E-state index contributed by atoms with van der Waals surface area (Å²) in [7, 11) is 0. The lowest BCUT2D eigenvalue weighted by atomic mass is 9.95. The van der Waals surface area contributed by atoms with Crippen LogP contribution < -0.4 is 5.32 Å². The van der Waals surface area contributed by atoms with E-state index in [2.05, 4.69) is 10.3 Å². The summed E-state index contributed by atoms with van der Waals surface area (Å²) in [6.45, 7) is 0. The first kappa shape index (κ1) is 17.1. The van der Waals surface area contributed by atoms with Crippen molar-refractivity contribution in [3.05, 3.63) is 89.5 Å². The Kier molecular flexibility index (Phi) is 4.27. The third-order valence-electron chi connectivity index (χ3n) is 4.38. The molecule has 2 heterocycles. The van der Waals surface area contributed by atoms with Gasteiger partial charge in [0.15, 0.2) is 6.10 Å². The van der Waals surface area contributed by atoms with E-state index in [1.165, 1.54) is 12.3 Å². The van der Waals surface area contributed by atoms with Crippen LogP contribution in [0.5, 0.6) is 0 Å². The van der Waals surface area contributed by atoms with Crippen molar-refractivity contribution in [1.29, 1.82) is 0 Å². The summed E-state index contributed by atoms with van der Waals surface area (Å²) in [5.41, 5.74) is 1.26. The lowest BCUT2D eigenvalue weighted by Crippen LogP contribution is -2.21. The van der Waals surface area contributed by atoms with Crippen LogP contribution in [0.15, 0.2) is 60.8 Å². The van der Waals surface area contributed by atoms with Crippen LogP contribution in [0, 0.1) is 17.6 Å². The summed E-state index contributed by atoms with van der Waals surface area (Å²) in [6, 6.07) is 12.4. The Balaban J connectivity index is 1.79. The van der Waals surface area contributed by atoms with Gasteiger partial charge in [0.25, 0.3) is 0 Å². The van der Waals surface area contributed by atoms with Crippen molar-refractivity contribution >= 4 is 6.09 Å². The molecule has 1 aromatic heterocycles. The molecule has 0 unspecified atom stereocenters. The van der Waals surface area contributed by atoms with Crippen molar-refractivity contribution in [1.82, 2.24) is 10.3 Å². The van der Waals surface area contributed by atoms with E-state index < -0.39 is 35.8 Å². The topological polar surface area (TPSA) is 51.2 Å². The predicted molar refractivity (Wildman–Crippen MR) is 91.1 cm³/mol. The monoisotopic (exact) mass is 370 g/mol. The minimum atomic E-state index is -1.23. The summed E-state index contributed by atoms with van der Waals surface area (Å²) in [6.07, 6.45) is -0.711. The van der Waals surface area contributed by atoms with Gasteiger partial charge in [0.05, 0.1) is 0 Å². The molecular formula is C20H13F3N2O2. The first-order chi connectivity index (χ1) is 13.0. The maximum atomic E-state index is 14.4. The third kappa shape index (κ3) is 3.23. The second kappa shape index (κ2) is 6.75. The van der Waals surface area contributed by atoms with Crippen molar-refractivity contribution < 1.29 is 22.7 Å². The molecule has 4 nitrogen and oxygen atoms in total. The second-order valence-corrected chi connectivity index (χ2v) is 6.08. The zero-order chi connectivity index (χ0) is 19.0. The number of alkyl carbamates (subject to hydrolysis) is 1. The Morgan fingerprint density at radius 2 is 1.70 bits per heavy atom. The fraction of sp³-hybridized carbons (Fsp3) is 0.100. The normalized spacial score (nSPS) is 18.9. The molecule has 4 rings (SSSR count). The number of aromatic nitrogens is 1. The Morgan fingerprint density at radius 1 is 0.926 bits per heavy atom. The van der Waals surface area contributed by atoms with E-state index in [-0.39, 0.29) is 11.1 Å². The molecule has 2 aromatic carbocycles. The van der Waals surface area contributed by atoms with Crippen molar-refractivity contribution in [2.45, 2.75) is 12.1 Å². The smallest absolute Gasteiger partial charge is 0.408 e. The first-order valence-electron chi connectivity index (χ1n) is 8.16. The maximum Gasteiger partial charge on any atom is 0.408 e. The van der Waals surface area contributed by atoms with Gasteiger partial charge in [0.1, 0.15) is 17.7 Å². The zero-order valence-electron chi connectivity index (χ0n) is 13.8. The molecule has 0 aliphatic carbocycles. The molecule has 3 aromatic rings. The maximum absolute atomic E-state index is 14.4. The highest BCUT2D eigenvalue weighted by molar-refractivity contribution is 5.72. The molecule has 2 atom stereocenters. The number of carbonyl (C=O) groups is 1. The van der Waals surface area contributed by atoms with Gasteiger partial charge >= 0.3 is 6.09 Å². The summed E-state index contributed by atoms with van der Waals surface area (Å²) >= 11 is 0. The predicted octanol–water partition coefficient (Wildman–Crippen LogP) is 4.69. The quantitative estimate of drug-likeness (QED) is 0.681. The van der Waals surface area contributed by atoms with Gasteiger partial charge in [-0.2, -0.15) is 4.39 Å². The lowest BCUT2D eigenvalue weighted by Gasteiger charge is -2.19. The van der Waals surface area contributed by atoms with Gasteiger partial charge in [-0.05, 0) is 29.8 Å². The lowest BCUT2D eigenvalue weighted by molar-refractivity contribution is 0.129. The third-order valence-corrected chi connectivity index (χ3v) is 4.38. The van der Waals surface area contributed by atoms with E-state index in [0.29, 0.717) is 5.56 Å². The van der Waals surface area contributed by atoms with Crippen molar-refractivity contribution in [2.75, 3.05) is 0 Å². The van der Waals surface area contributed by atoms with E-state index in [4.69, 9.17) is 4.74 Å².